The van der Waals surface area contributed by atoms with E-state index in [1.165, 1.54) is 0 Å². The molecule has 0 aromatic heterocycles. The standard InChI is InChI=1S/C12H24O2/c1-6-12(14,7-2)9-8-10(13)11(3,4)5/h14H,6-9H2,1-5H3. The average Bonchev–Trinajstić information content (AvgIpc) is 2.12. The van der Waals surface area contributed by atoms with E-state index in [-0.39, 0.29) is 11.2 Å². The van der Waals surface area contributed by atoms with Gasteiger partial charge >= 0.3 is 0 Å². The second kappa shape index (κ2) is 4.92. The van der Waals surface area contributed by atoms with Gasteiger partial charge in [-0.2, -0.15) is 0 Å². The van der Waals surface area contributed by atoms with Crippen molar-refractivity contribution in [2.75, 3.05) is 0 Å². The van der Waals surface area contributed by atoms with Crippen molar-refractivity contribution in [3.05, 3.63) is 0 Å². The number of ketones is 1. The summed E-state index contributed by atoms with van der Waals surface area (Å²) in [6, 6.07) is 0. The topological polar surface area (TPSA) is 37.3 Å². The van der Waals surface area contributed by atoms with Gasteiger partial charge in [0.1, 0.15) is 5.78 Å². The number of Topliss-reactive ketones (excluding diaryl/α,β-unsaturated/α-hetero) is 1. The molecule has 14 heavy (non-hydrogen) atoms. The lowest BCUT2D eigenvalue weighted by atomic mass is 9.83. The Balaban J connectivity index is 4.12. The van der Waals surface area contributed by atoms with Gasteiger partial charge in [0.2, 0.25) is 0 Å². The molecule has 2 nitrogen and oxygen atoms in total. The third kappa shape index (κ3) is 4.23. The smallest absolute Gasteiger partial charge is 0.138 e. The Bertz CT molecular complexity index is 185. The van der Waals surface area contributed by atoms with Crippen LogP contribution in [-0.2, 0) is 4.79 Å². The number of hydrogen-bond donors (Lipinski definition) is 1. The Kier molecular flexibility index (Phi) is 4.79. The lowest BCUT2D eigenvalue weighted by Crippen LogP contribution is -2.29. The van der Waals surface area contributed by atoms with Crippen molar-refractivity contribution >= 4 is 5.78 Å². The van der Waals surface area contributed by atoms with Crippen LogP contribution in [0.5, 0.6) is 0 Å². The van der Waals surface area contributed by atoms with E-state index in [1.807, 2.05) is 34.6 Å². The molecular formula is C12H24O2. The zero-order chi connectivity index (χ0) is 11.4. The van der Waals surface area contributed by atoms with Crippen molar-refractivity contribution in [2.24, 2.45) is 5.41 Å². The molecule has 0 aromatic rings. The minimum atomic E-state index is -0.638. The average molecular weight is 200 g/mol. The molecule has 0 aliphatic rings. The fraction of sp³-hybridized carbons (Fsp3) is 0.917. The zero-order valence-electron chi connectivity index (χ0n) is 10.2. The molecule has 0 atom stereocenters. The van der Waals surface area contributed by atoms with Crippen LogP contribution in [0.3, 0.4) is 0 Å². The third-order valence-corrected chi connectivity index (χ3v) is 2.97. The van der Waals surface area contributed by atoms with Gasteiger partial charge in [0.05, 0.1) is 5.60 Å². The molecule has 0 radical (unpaired) electrons. The minimum Gasteiger partial charge on any atom is -0.390 e. The maximum absolute atomic E-state index is 11.6. The van der Waals surface area contributed by atoms with E-state index in [4.69, 9.17) is 0 Å². The molecule has 0 fully saturated rings. The Morgan fingerprint density at radius 3 is 1.86 bits per heavy atom. The Labute approximate surface area is 87.7 Å². The van der Waals surface area contributed by atoms with E-state index < -0.39 is 5.60 Å². The number of hydrogen-bond acceptors (Lipinski definition) is 2. The molecule has 0 saturated heterocycles. The lowest BCUT2D eigenvalue weighted by Gasteiger charge is -2.26. The van der Waals surface area contributed by atoms with Crippen molar-refractivity contribution in [3.8, 4) is 0 Å². The summed E-state index contributed by atoms with van der Waals surface area (Å²) in [5.41, 5.74) is -0.913. The van der Waals surface area contributed by atoms with Crippen molar-refractivity contribution in [3.63, 3.8) is 0 Å². The van der Waals surface area contributed by atoms with E-state index >= 15 is 0 Å². The second-order valence-corrected chi connectivity index (χ2v) is 5.10. The van der Waals surface area contributed by atoms with Crippen LogP contribution in [0.4, 0.5) is 0 Å². The van der Waals surface area contributed by atoms with Crippen LogP contribution in [-0.4, -0.2) is 16.5 Å². The summed E-state index contributed by atoms with van der Waals surface area (Å²) in [7, 11) is 0. The maximum atomic E-state index is 11.6. The molecule has 0 saturated carbocycles. The maximum Gasteiger partial charge on any atom is 0.138 e. The molecule has 2 heteroatoms. The second-order valence-electron chi connectivity index (χ2n) is 5.10. The summed E-state index contributed by atoms with van der Waals surface area (Å²) >= 11 is 0. The molecule has 0 spiro atoms. The summed E-state index contributed by atoms with van der Waals surface area (Å²) in [5, 5.41) is 9.99. The first kappa shape index (κ1) is 13.6. The summed E-state index contributed by atoms with van der Waals surface area (Å²) < 4.78 is 0. The monoisotopic (exact) mass is 200 g/mol. The van der Waals surface area contributed by atoms with Crippen LogP contribution in [0, 0.1) is 5.41 Å². The molecule has 0 aliphatic heterocycles. The molecule has 0 aliphatic carbocycles. The molecule has 0 rings (SSSR count). The van der Waals surface area contributed by atoms with Crippen LogP contribution in [0.1, 0.15) is 60.3 Å². The van der Waals surface area contributed by atoms with Gasteiger partial charge in [-0.1, -0.05) is 34.6 Å². The Morgan fingerprint density at radius 1 is 1.14 bits per heavy atom. The lowest BCUT2D eigenvalue weighted by molar-refractivity contribution is -0.127. The molecule has 0 amide bonds. The molecule has 0 aromatic carbocycles. The molecule has 0 heterocycles. The number of aliphatic hydroxyl groups is 1. The molecular weight excluding hydrogens is 176 g/mol. The highest BCUT2D eigenvalue weighted by Gasteiger charge is 2.27. The number of rotatable bonds is 5. The number of carbonyl (C=O) groups excluding carboxylic acids is 1. The van der Waals surface area contributed by atoms with Crippen molar-refractivity contribution in [1.82, 2.24) is 0 Å². The number of carbonyl (C=O) groups is 1. The minimum absolute atomic E-state index is 0.234. The summed E-state index contributed by atoms with van der Waals surface area (Å²) in [6.45, 7) is 9.70. The van der Waals surface area contributed by atoms with E-state index in [0.29, 0.717) is 12.8 Å². The van der Waals surface area contributed by atoms with Gasteiger partial charge in [0, 0.05) is 11.8 Å². The highest BCUT2D eigenvalue weighted by Crippen LogP contribution is 2.25. The molecule has 0 bridgehead atoms. The molecule has 84 valence electrons. The van der Waals surface area contributed by atoms with Crippen LogP contribution >= 0.6 is 0 Å². The molecule has 0 unspecified atom stereocenters. The van der Waals surface area contributed by atoms with Crippen LogP contribution < -0.4 is 0 Å². The van der Waals surface area contributed by atoms with Crippen molar-refractivity contribution in [2.45, 2.75) is 65.9 Å². The predicted octanol–water partition coefficient (Wildman–Crippen LogP) is 2.93. The summed E-state index contributed by atoms with van der Waals surface area (Å²) in [6.07, 6.45) is 2.53. The fourth-order valence-corrected chi connectivity index (χ4v) is 1.32. The third-order valence-electron chi connectivity index (χ3n) is 2.97. The quantitative estimate of drug-likeness (QED) is 0.741. The predicted molar refractivity (Wildman–Crippen MR) is 59.2 cm³/mol. The van der Waals surface area contributed by atoms with Crippen molar-refractivity contribution < 1.29 is 9.90 Å². The highest BCUT2D eigenvalue weighted by atomic mass is 16.3. The van der Waals surface area contributed by atoms with Crippen LogP contribution in [0.15, 0.2) is 0 Å². The SMILES string of the molecule is CCC(O)(CC)CCC(=O)C(C)(C)C. The van der Waals surface area contributed by atoms with Crippen LogP contribution in [0.25, 0.3) is 0 Å². The Morgan fingerprint density at radius 2 is 1.57 bits per heavy atom. The Hall–Kier alpha value is -0.370. The largest absolute Gasteiger partial charge is 0.390 e. The fourth-order valence-electron chi connectivity index (χ4n) is 1.32. The van der Waals surface area contributed by atoms with Gasteiger partial charge in [-0.05, 0) is 19.3 Å². The highest BCUT2D eigenvalue weighted by molar-refractivity contribution is 5.83. The van der Waals surface area contributed by atoms with Crippen molar-refractivity contribution in [1.29, 1.82) is 0 Å². The van der Waals surface area contributed by atoms with Gasteiger partial charge in [0.25, 0.3) is 0 Å². The first-order valence-electron chi connectivity index (χ1n) is 5.51. The van der Waals surface area contributed by atoms with Gasteiger partial charge < -0.3 is 5.11 Å². The van der Waals surface area contributed by atoms with Gasteiger partial charge in [-0.15, -0.1) is 0 Å². The van der Waals surface area contributed by atoms with Gasteiger partial charge in [0.15, 0.2) is 0 Å². The zero-order valence-corrected chi connectivity index (χ0v) is 10.2. The van der Waals surface area contributed by atoms with Gasteiger partial charge in [-0.3, -0.25) is 4.79 Å². The van der Waals surface area contributed by atoms with Crippen LogP contribution in [0.2, 0.25) is 0 Å². The summed E-state index contributed by atoms with van der Waals surface area (Å²) in [4.78, 5) is 11.6. The van der Waals surface area contributed by atoms with E-state index in [2.05, 4.69) is 0 Å². The first-order valence-corrected chi connectivity index (χ1v) is 5.51. The van der Waals surface area contributed by atoms with E-state index in [0.717, 1.165) is 12.8 Å². The van der Waals surface area contributed by atoms with E-state index in [1.54, 1.807) is 0 Å². The van der Waals surface area contributed by atoms with E-state index in [9.17, 15) is 9.90 Å². The molecule has 1 N–H and O–H groups in total. The first-order chi connectivity index (χ1) is 6.25. The normalized spacial score (nSPS) is 13.0. The van der Waals surface area contributed by atoms with Gasteiger partial charge in [-0.25, -0.2) is 0 Å². The summed E-state index contributed by atoms with van der Waals surface area (Å²) in [5.74, 6) is 0.234.